The molecule has 0 aromatic carbocycles. The molecule has 0 amide bonds. The minimum absolute atomic E-state index is 0.133. The largest absolute Gasteiger partial charge is 0.324 e. The van der Waals surface area contributed by atoms with Gasteiger partial charge < -0.3 is 5.73 Å². The van der Waals surface area contributed by atoms with Crippen LogP contribution in [-0.2, 0) is 6.54 Å². The molecule has 2 aromatic rings. The van der Waals surface area contributed by atoms with Gasteiger partial charge in [0.05, 0.1) is 11.5 Å². The maximum atomic E-state index is 10.4. The highest BCUT2D eigenvalue weighted by molar-refractivity contribution is 5.33. The van der Waals surface area contributed by atoms with Gasteiger partial charge in [0.15, 0.2) is 5.82 Å². The van der Waals surface area contributed by atoms with Crippen molar-refractivity contribution in [2.24, 2.45) is 5.73 Å². The molecule has 0 aliphatic rings. The smallest absolute Gasteiger partial charge is 0.305 e. The van der Waals surface area contributed by atoms with Crippen LogP contribution in [0.25, 0.3) is 5.78 Å². The molecule has 0 radical (unpaired) electrons. The lowest BCUT2D eigenvalue weighted by molar-refractivity contribution is -0.385. The molecule has 0 aliphatic heterocycles. The van der Waals surface area contributed by atoms with E-state index in [-0.39, 0.29) is 12.2 Å². The first-order valence-electron chi connectivity index (χ1n) is 3.76. The number of nitrogens with two attached hydrogens (primary N) is 1. The number of hydrogen-bond donors (Lipinski definition) is 1. The Bertz CT molecular complexity index is 492. The van der Waals surface area contributed by atoms with Gasteiger partial charge in [-0.05, 0) is 0 Å². The lowest BCUT2D eigenvalue weighted by atomic mass is 10.6. The SMILES string of the molecule is NCc1nc2ncc([N+](=O)[O-])cn2n1. The first-order chi connectivity index (χ1) is 6.70. The minimum atomic E-state index is -0.545. The molecule has 14 heavy (non-hydrogen) atoms. The predicted octanol–water partition coefficient (Wildman–Crippen LogP) is -0.509. The quantitative estimate of drug-likeness (QED) is 0.509. The van der Waals surface area contributed by atoms with Crippen molar-refractivity contribution in [1.82, 2.24) is 19.6 Å². The number of nitrogens with zero attached hydrogens (tertiary/aromatic N) is 5. The van der Waals surface area contributed by atoms with Gasteiger partial charge in [0, 0.05) is 0 Å². The van der Waals surface area contributed by atoms with E-state index in [0.29, 0.717) is 11.6 Å². The molecular weight excluding hydrogens is 188 g/mol. The molecule has 2 aromatic heterocycles. The molecule has 0 spiro atoms. The molecule has 0 fully saturated rings. The van der Waals surface area contributed by atoms with Gasteiger partial charge in [0.1, 0.15) is 12.4 Å². The van der Waals surface area contributed by atoms with E-state index in [4.69, 9.17) is 5.73 Å². The number of nitro groups is 1. The van der Waals surface area contributed by atoms with Crippen LogP contribution in [0.4, 0.5) is 5.69 Å². The summed E-state index contributed by atoms with van der Waals surface area (Å²) in [4.78, 5) is 17.5. The van der Waals surface area contributed by atoms with Crippen LogP contribution in [0, 0.1) is 10.1 Å². The molecule has 8 heteroatoms. The molecule has 2 N–H and O–H groups in total. The van der Waals surface area contributed by atoms with Crippen molar-refractivity contribution in [2.45, 2.75) is 6.54 Å². The van der Waals surface area contributed by atoms with Gasteiger partial charge in [-0.15, -0.1) is 5.10 Å². The summed E-state index contributed by atoms with van der Waals surface area (Å²) in [7, 11) is 0. The lowest BCUT2D eigenvalue weighted by Gasteiger charge is -1.90. The maximum absolute atomic E-state index is 10.4. The van der Waals surface area contributed by atoms with Crippen molar-refractivity contribution in [1.29, 1.82) is 0 Å². The summed E-state index contributed by atoms with van der Waals surface area (Å²) in [5.41, 5.74) is 5.18. The Morgan fingerprint density at radius 3 is 3.07 bits per heavy atom. The molecule has 0 saturated heterocycles. The molecule has 2 heterocycles. The summed E-state index contributed by atoms with van der Waals surface area (Å²) < 4.78 is 1.24. The fourth-order valence-corrected chi connectivity index (χ4v) is 0.996. The summed E-state index contributed by atoms with van der Waals surface area (Å²) in [6.45, 7) is 0.178. The summed E-state index contributed by atoms with van der Waals surface area (Å²) in [6, 6.07) is 0. The number of aromatic nitrogens is 4. The van der Waals surface area contributed by atoms with Crippen LogP contribution in [0.15, 0.2) is 12.4 Å². The van der Waals surface area contributed by atoms with Gasteiger partial charge in [-0.3, -0.25) is 10.1 Å². The minimum Gasteiger partial charge on any atom is -0.324 e. The van der Waals surface area contributed by atoms with Crippen molar-refractivity contribution >= 4 is 11.5 Å². The van der Waals surface area contributed by atoms with Gasteiger partial charge >= 0.3 is 5.69 Å². The zero-order valence-electron chi connectivity index (χ0n) is 6.99. The van der Waals surface area contributed by atoms with Gasteiger partial charge in [-0.1, -0.05) is 0 Å². The van der Waals surface area contributed by atoms with Crippen LogP contribution in [0.5, 0.6) is 0 Å². The molecule has 0 bridgehead atoms. The first kappa shape index (κ1) is 8.51. The average molecular weight is 194 g/mol. The standard InChI is InChI=1S/C6H6N6O2/c7-1-5-9-6-8-2-4(12(13)14)3-11(6)10-5/h2-3H,1,7H2. The molecule has 0 aliphatic carbocycles. The van der Waals surface area contributed by atoms with Crippen LogP contribution < -0.4 is 5.73 Å². The van der Waals surface area contributed by atoms with E-state index in [1.807, 2.05) is 0 Å². The lowest BCUT2D eigenvalue weighted by Crippen LogP contribution is -1.99. The maximum Gasteiger partial charge on any atom is 0.305 e. The number of rotatable bonds is 2. The third kappa shape index (κ3) is 1.27. The van der Waals surface area contributed by atoms with Gasteiger partial charge in [0.2, 0.25) is 0 Å². The Morgan fingerprint density at radius 2 is 2.43 bits per heavy atom. The highest BCUT2D eigenvalue weighted by atomic mass is 16.6. The van der Waals surface area contributed by atoms with Crippen LogP contribution in [0.3, 0.4) is 0 Å². The predicted molar refractivity (Wildman–Crippen MR) is 45.3 cm³/mol. The second kappa shape index (κ2) is 3.00. The van der Waals surface area contributed by atoms with E-state index in [9.17, 15) is 10.1 Å². The summed E-state index contributed by atoms with van der Waals surface area (Å²) in [5, 5.41) is 14.3. The highest BCUT2D eigenvalue weighted by Gasteiger charge is 2.09. The monoisotopic (exact) mass is 194 g/mol. The summed E-state index contributed by atoms with van der Waals surface area (Å²) >= 11 is 0. The van der Waals surface area contributed by atoms with E-state index in [1.165, 1.54) is 10.7 Å². The van der Waals surface area contributed by atoms with E-state index in [1.54, 1.807) is 0 Å². The normalized spacial score (nSPS) is 10.6. The van der Waals surface area contributed by atoms with Crippen LogP contribution in [0.2, 0.25) is 0 Å². The van der Waals surface area contributed by atoms with Crippen molar-refractivity contribution in [3.8, 4) is 0 Å². The van der Waals surface area contributed by atoms with E-state index < -0.39 is 4.92 Å². The molecular formula is C6H6N6O2. The molecule has 8 nitrogen and oxygen atoms in total. The Kier molecular flexibility index (Phi) is 1.82. The van der Waals surface area contributed by atoms with Crippen LogP contribution >= 0.6 is 0 Å². The zero-order valence-corrected chi connectivity index (χ0v) is 6.99. The van der Waals surface area contributed by atoms with Crippen LogP contribution in [0.1, 0.15) is 5.82 Å². The second-order valence-electron chi connectivity index (χ2n) is 2.55. The Balaban J connectivity index is 2.59. The van der Waals surface area contributed by atoms with Gasteiger partial charge in [0.25, 0.3) is 5.78 Å². The second-order valence-corrected chi connectivity index (χ2v) is 2.55. The van der Waals surface area contributed by atoms with Crippen molar-refractivity contribution < 1.29 is 4.92 Å². The third-order valence-corrected chi connectivity index (χ3v) is 1.62. The number of fused-ring (bicyclic) bond motifs is 1. The van der Waals surface area contributed by atoms with Gasteiger partial charge in [-0.25, -0.2) is 4.98 Å². The Labute approximate surface area is 77.5 Å². The Hall–Kier alpha value is -2.09. The molecule has 0 atom stereocenters. The van der Waals surface area contributed by atoms with Crippen molar-refractivity contribution in [3.63, 3.8) is 0 Å². The number of hydrogen-bond acceptors (Lipinski definition) is 6. The van der Waals surface area contributed by atoms with Gasteiger partial charge in [-0.2, -0.15) is 9.50 Å². The van der Waals surface area contributed by atoms with Crippen molar-refractivity contribution in [2.75, 3.05) is 0 Å². The van der Waals surface area contributed by atoms with E-state index in [2.05, 4.69) is 15.1 Å². The average Bonchev–Trinajstić information content (AvgIpc) is 2.58. The van der Waals surface area contributed by atoms with Crippen LogP contribution in [-0.4, -0.2) is 24.5 Å². The molecule has 0 unspecified atom stereocenters. The molecule has 72 valence electrons. The fourth-order valence-electron chi connectivity index (χ4n) is 0.996. The molecule has 0 saturated carbocycles. The Morgan fingerprint density at radius 1 is 1.64 bits per heavy atom. The van der Waals surface area contributed by atoms with E-state index in [0.717, 1.165) is 6.20 Å². The zero-order chi connectivity index (χ0) is 10.1. The third-order valence-electron chi connectivity index (χ3n) is 1.62. The summed E-state index contributed by atoms with van der Waals surface area (Å²) in [5.74, 6) is 0.703. The topological polar surface area (TPSA) is 112 Å². The highest BCUT2D eigenvalue weighted by Crippen LogP contribution is 2.08. The summed E-state index contributed by atoms with van der Waals surface area (Å²) in [6.07, 6.45) is 2.37. The van der Waals surface area contributed by atoms with E-state index >= 15 is 0 Å². The molecule has 2 rings (SSSR count). The van der Waals surface area contributed by atoms with Crippen molar-refractivity contribution in [3.05, 3.63) is 28.3 Å². The first-order valence-corrected chi connectivity index (χ1v) is 3.76. The fraction of sp³-hybridized carbons (Fsp3) is 0.167.